The van der Waals surface area contributed by atoms with Gasteiger partial charge in [0, 0.05) is 31.9 Å². The minimum atomic E-state index is -2.63. The van der Waals surface area contributed by atoms with Gasteiger partial charge in [-0.05, 0) is 83.5 Å². The number of aromatic nitrogens is 1. The van der Waals surface area contributed by atoms with E-state index in [0.717, 1.165) is 6.07 Å². The first-order chi connectivity index (χ1) is 26.2. The van der Waals surface area contributed by atoms with Crippen molar-refractivity contribution in [3.8, 4) is 16.8 Å². The van der Waals surface area contributed by atoms with Crippen LogP contribution < -0.4 is 5.32 Å². The Morgan fingerprint density at radius 1 is 0.684 bits per heavy atom. The molecule has 182 valence electrons. The highest BCUT2D eigenvalue weighted by Crippen LogP contribution is 2.34. The van der Waals surface area contributed by atoms with Crippen LogP contribution in [0.1, 0.15) is 43.0 Å². The van der Waals surface area contributed by atoms with Crippen molar-refractivity contribution >= 4 is 38.8 Å². The van der Waals surface area contributed by atoms with Crippen LogP contribution in [0, 0.1) is 0 Å². The van der Waals surface area contributed by atoms with Gasteiger partial charge in [0.2, 0.25) is 0 Å². The molecule has 7 rings (SSSR count). The molecule has 1 aromatic heterocycles. The van der Waals surface area contributed by atoms with Gasteiger partial charge in [-0.25, -0.2) is 0 Å². The van der Waals surface area contributed by atoms with Crippen LogP contribution in [0.25, 0.3) is 44.2 Å². The Labute approximate surface area is 248 Å². The molecule has 0 saturated heterocycles. The fraction of sp³-hybridized carbons (Fsp3) is 0.0556. The lowest BCUT2D eigenvalue weighted by Gasteiger charge is -2.15. The van der Waals surface area contributed by atoms with Gasteiger partial charge >= 0.3 is 0 Å². The van der Waals surface area contributed by atoms with E-state index in [1.54, 1.807) is 18.2 Å². The fourth-order valence-electron chi connectivity index (χ4n) is 4.42. The predicted octanol–water partition coefficient (Wildman–Crippen LogP) is 9.93. The lowest BCUT2D eigenvalue weighted by molar-refractivity contribution is 1.04. The molecule has 6 aromatic rings. The number of hydrogen-bond acceptors (Lipinski definition) is 1. The average Bonchev–Trinajstić information content (AvgIpc) is 3.52. The molecule has 1 N–H and O–H groups in total. The summed E-state index contributed by atoms with van der Waals surface area (Å²) in [5.74, 6) is 0. The second kappa shape index (κ2) is 9.57. The summed E-state index contributed by atoms with van der Waals surface area (Å²) in [6.07, 6.45) is -4.49. The zero-order valence-corrected chi connectivity index (χ0v) is 19.6. The lowest BCUT2D eigenvalue weighted by atomic mass is 9.95. The zero-order valence-electron chi connectivity index (χ0n) is 37.6. The Bertz CT molecular complexity index is 2680. The molecule has 1 atom stereocenters. The molecular weight excluding hydrogens is 460 g/mol. The molecule has 1 aliphatic carbocycles. The molecule has 0 aliphatic heterocycles. The van der Waals surface area contributed by atoms with Gasteiger partial charge in [-0.2, -0.15) is 0 Å². The van der Waals surface area contributed by atoms with E-state index in [9.17, 15) is 0 Å². The molecule has 2 heteroatoms. The predicted molar refractivity (Wildman–Crippen MR) is 162 cm³/mol. The second-order valence-corrected chi connectivity index (χ2v) is 8.37. The SMILES string of the molecule is [2H]C1=C([2H])C([2H])([2H])C([2H])C([2H])=C1c1cc(Nc2cccc(-n3c4c([2H])c([2H])c([2H])c([2H])c4c4c([2H])c([2H])c([2H])c([2H])c43)c2)cc(-c2c([2H])c([2H])cc([2H])c2[2H])c1. The summed E-state index contributed by atoms with van der Waals surface area (Å²) in [4.78, 5) is 0. The van der Waals surface area contributed by atoms with E-state index in [0.29, 0.717) is 5.69 Å². The minimum absolute atomic E-state index is 0.0451. The van der Waals surface area contributed by atoms with Gasteiger partial charge in [-0.3, -0.25) is 0 Å². The number of anilines is 2. The van der Waals surface area contributed by atoms with Crippen molar-refractivity contribution in [1.29, 1.82) is 0 Å². The van der Waals surface area contributed by atoms with Crippen LogP contribution in [0.4, 0.5) is 11.4 Å². The first-order valence-corrected chi connectivity index (χ1v) is 11.6. The van der Waals surface area contributed by atoms with E-state index >= 15 is 0 Å². The molecule has 5 aromatic carbocycles. The van der Waals surface area contributed by atoms with E-state index in [2.05, 4.69) is 5.32 Å². The molecule has 1 heterocycles. The molecule has 2 nitrogen and oxygen atoms in total. The highest BCUT2D eigenvalue weighted by molar-refractivity contribution is 6.09. The second-order valence-electron chi connectivity index (χ2n) is 8.37. The highest BCUT2D eigenvalue weighted by atomic mass is 15.0. The summed E-state index contributed by atoms with van der Waals surface area (Å²) < 4.78 is 154. The van der Waals surface area contributed by atoms with Crippen molar-refractivity contribution < 1.29 is 24.7 Å². The van der Waals surface area contributed by atoms with Crippen molar-refractivity contribution in [3.63, 3.8) is 0 Å². The van der Waals surface area contributed by atoms with Crippen LogP contribution in [-0.2, 0) is 0 Å². The van der Waals surface area contributed by atoms with Gasteiger partial charge in [-0.1, -0.05) is 90.7 Å². The summed E-state index contributed by atoms with van der Waals surface area (Å²) in [6, 6.07) is 3.84. The maximum Gasteiger partial charge on any atom is 0.0645 e. The number of benzene rings is 5. The Balaban J connectivity index is 1.48. The third-order valence-electron chi connectivity index (χ3n) is 6.02. The van der Waals surface area contributed by atoms with Gasteiger partial charge < -0.3 is 9.88 Å². The number of nitrogens with one attached hydrogen (secondary N) is 1. The molecule has 0 bridgehead atoms. The van der Waals surface area contributed by atoms with Gasteiger partial charge in [0.25, 0.3) is 0 Å². The molecule has 1 aliphatic rings. The third kappa shape index (κ3) is 4.10. The van der Waals surface area contributed by atoms with Crippen LogP contribution in [0.15, 0.2) is 139 Å². The summed E-state index contributed by atoms with van der Waals surface area (Å²) in [5, 5.41) is 2.95. The van der Waals surface area contributed by atoms with Crippen molar-refractivity contribution in [3.05, 3.63) is 145 Å². The maximum atomic E-state index is 8.82. The molecule has 1 unspecified atom stereocenters. The van der Waals surface area contributed by atoms with E-state index in [1.807, 2.05) is 0 Å². The summed E-state index contributed by atoms with van der Waals surface area (Å²) in [5.41, 5.74) is 0.302. The molecule has 0 amide bonds. The third-order valence-corrected chi connectivity index (χ3v) is 6.02. The van der Waals surface area contributed by atoms with Crippen LogP contribution >= 0.6 is 0 Å². The Kier molecular flexibility index (Phi) is 2.65. The quantitative estimate of drug-likeness (QED) is 0.246. The van der Waals surface area contributed by atoms with Gasteiger partial charge in [0.05, 0.1) is 31.6 Å². The smallest absolute Gasteiger partial charge is 0.0645 e. The van der Waals surface area contributed by atoms with Crippen molar-refractivity contribution in [1.82, 2.24) is 4.57 Å². The van der Waals surface area contributed by atoms with E-state index in [1.165, 1.54) is 28.8 Å². The zero-order chi connectivity index (χ0) is 41.0. The van der Waals surface area contributed by atoms with Gasteiger partial charge in [0.15, 0.2) is 0 Å². The van der Waals surface area contributed by atoms with E-state index in [-0.39, 0.29) is 67.5 Å². The first-order valence-electron chi connectivity index (χ1n) is 20.7. The summed E-state index contributed by atoms with van der Waals surface area (Å²) in [7, 11) is 0. The molecular formula is C36H28N2. The van der Waals surface area contributed by atoms with Gasteiger partial charge in [0.1, 0.15) is 0 Å². The topological polar surface area (TPSA) is 17.0 Å². The van der Waals surface area contributed by atoms with E-state index < -0.39 is 91.4 Å². The molecule has 0 radical (unpaired) electrons. The van der Waals surface area contributed by atoms with Crippen molar-refractivity contribution in [2.24, 2.45) is 0 Å². The fourth-order valence-corrected chi connectivity index (χ4v) is 4.42. The van der Waals surface area contributed by atoms with Crippen LogP contribution in [0.5, 0.6) is 0 Å². The highest BCUT2D eigenvalue weighted by Gasteiger charge is 2.12. The number of nitrogens with zero attached hydrogens (tertiary/aromatic N) is 1. The van der Waals surface area contributed by atoms with E-state index in [4.69, 9.17) is 24.7 Å². The monoisotopic (exact) mass is 506 g/mol. The van der Waals surface area contributed by atoms with Crippen LogP contribution in [0.3, 0.4) is 0 Å². The number of allylic oxidation sites excluding steroid dienone is 4. The lowest BCUT2D eigenvalue weighted by Crippen LogP contribution is -1.97. The van der Waals surface area contributed by atoms with Crippen LogP contribution in [-0.4, -0.2) is 4.57 Å². The Hall–Kier alpha value is -4.82. The molecule has 38 heavy (non-hydrogen) atoms. The summed E-state index contributed by atoms with van der Waals surface area (Å²) >= 11 is 0. The molecule has 0 fully saturated rings. The first kappa shape index (κ1) is 10.5. The largest absolute Gasteiger partial charge is 0.355 e. The maximum absolute atomic E-state index is 8.82. The number of fused-ring (bicyclic) bond motifs is 3. The Morgan fingerprint density at radius 3 is 2.21 bits per heavy atom. The van der Waals surface area contributed by atoms with Crippen molar-refractivity contribution in [2.75, 3.05) is 5.32 Å². The van der Waals surface area contributed by atoms with Crippen LogP contribution in [0.2, 0.25) is 0 Å². The van der Waals surface area contributed by atoms with Crippen molar-refractivity contribution in [2.45, 2.75) is 12.8 Å². The normalized spacial score (nSPS) is 23.8. The molecule has 0 spiro atoms. The van der Waals surface area contributed by atoms with Gasteiger partial charge in [-0.15, -0.1) is 0 Å². The Morgan fingerprint density at radius 2 is 1.42 bits per heavy atom. The standard InChI is InChI=1S/C36H28N2/c1-3-12-26(13-4-1)28-22-29(27-14-5-2-6-15-27)24-31(23-28)37-30-16-11-17-32(25-30)38-35-20-9-7-18-33(35)34-19-8-10-21-36(34)38/h1,3-5,7-25,37H,2,6H2/i2D2,3D,4D,5D,6D,7D,8D,9D,10D,12D,13D,14D,15D,18D,19D,20D,21D. The number of hydrogen-bond donors (Lipinski definition) is 1. The molecule has 0 saturated carbocycles. The summed E-state index contributed by atoms with van der Waals surface area (Å²) in [6.45, 7) is 0. The minimum Gasteiger partial charge on any atom is -0.355 e. The average molecular weight is 507 g/mol. The number of para-hydroxylation sites is 2. The number of rotatable bonds is 5.